The molecule has 162 valence electrons. The van der Waals surface area contributed by atoms with Gasteiger partial charge < -0.3 is 20.8 Å². The minimum Gasteiger partial charge on any atom is -0.365 e. The molecule has 3 rings (SSSR count). The molecule has 1 aromatic rings. The largest absolute Gasteiger partial charge is 0.397 e. The van der Waals surface area contributed by atoms with Gasteiger partial charge in [0.25, 0.3) is 5.91 Å². The lowest BCUT2D eigenvalue weighted by Crippen LogP contribution is -2.50. The number of likely N-dealkylation sites (tertiary alicyclic amines) is 1. The molecule has 1 saturated heterocycles. The molecule has 2 fully saturated rings. The van der Waals surface area contributed by atoms with E-state index in [1.165, 1.54) is 10.9 Å². The summed E-state index contributed by atoms with van der Waals surface area (Å²) < 4.78 is 38.9. The molecule has 9 nitrogen and oxygen atoms in total. The number of hydrogen-bond acceptors (Lipinski definition) is 4. The van der Waals surface area contributed by atoms with E-state index in [2.05, 4.69) is 15.3 Å². The smallest absolute Gasteiger partial charge is 0.365 e. The lowest BCUT2D eigenvalue weighted by molar-refractivity contribution is -0.162. The van der Waals surface area contributed by atoms with Crippen LogP contribution in [0.3, 0.4) is 0 Å². The van der Waals surface area contributed by atoms with Crippen LogP contribution in [0, 0.1) is 12.5 Å². The molecule has 30 heavy (non-hydrogen) atoms. The summed E-state index contributed by atoms with van der Waals surface area (Å²) in [6, 6.07) is 0. The summed E-state index contributed by atoms with van der Waals surface area (Å²) in [6.45, 7) is 7.26. The fourth-order valence-electron chi connectivity index (χ4n) is 3.52. The van der Waals surface area contributed by atoms with Crippen LogP contribution in [0.15, 0.2) is 6.20 Å². The maximum atomic E-state index is 12.5. The van der Waals surface area contributed by atoms with Gasteiger partial charge in [0.2, 0.25) is 18.4 Å². The van der Waals surface area contributed by atoms with Crippen molar-refractivity contribution in [2.75, 3.05) is 25.0 Å². The van der Waals surface area contributed by atoms with E-state index in [0.717, 1.165) is 17.7 Å². The van der Waals surface area contributed by atoms with Gasteiger partial charge in [-0.25, -0.2) is 6.57 Å². The van der Waals surface area contributed by atoms with Crippen LogP contribution in [0.1, 0.15) is 42.5 Å². The molecule has 0 unspecified atom stereocenters. The average Bonchev–Trinajstić information content (AvgIpc) is 3.41. The number of halogens is 3. The van der Waals surface area contributed by atoms with Crippen molar-refractivity contribution in [3.63, 3.8) is 0 Å². The number of rotatable bonds is 6. The monoisotopic (exact) mass is 426 g/mol. The first-order chi connectivity index (χ1) is 14.0. The Kier molecular flexibility index (Phi) is 5.74. The summed E-state index contributed by atoms with van der Waals surface area (Å²) in [5, 5.41) is 6.87. The number of hydrogen-bond donors (Lipinski definition) is 2. The number of nitrogens with two attached hydrogens (primary N) is 1. The van der Waals surface area contributed by atoms with E-state index in [9.17, 15) is 27.6 Å². The van der Waals surface area contributed by atoms with Gasteiger partial charge in [0.1, 0.15) is 17.5 Å². The maximum absolute atomic E-state index is 12.5. The van der Waals surface area contributed by atoms with E-state index < -0.39 is 30.0 Å². The summed E-state index contributed by atoms with van der Waals surface area (Å²) >= 11 is 0. The van der Waals surface area contributed by atoms with Crippen molar-refractivity contribution >= 4 is 23.5 Å². The van der Waals surface area contributed by atoms with Gasteiger partial charge in [0.15, 0.2) is 5.82 Å². The Labute approximate surface area is 170 Å². The number of amides is 3. The van der Waals surface area contributed by atoms with Crippen molar-refractivity contribution in [2.24, 2.45) is 11.7 Å². The number of aromatic nitrogens is 2. The number of anilines is 1. The van der Waals surface area contributed by atoms with Crippen molar-refractivity contribution in [3.8, 4) is 0 Å². The molecule has 3 N–H and O–H groups in total. The minimum atomic E-state index is -4.59. The highest BCUT2D eigenvalue weighted by molar-refractivity contribution is 6.02. The van der Waals surface area contributed by atoms with Crippen molar-refractivity contribution < 1.29 is 27.6 Å². The molecule has 0 spiro atoms. The number of alkyl halides is 3. The highest BCUT2D eigenvalue weighted by atomic mass is 19.4. The second kappa shape index (κ2) is 7.97. The van der Waals surface area contributed by atoms with Crippen LogP contribution < -0.4 is 11.1 Å². The highest BCUT2D eigenvalue weighted by Gasteiger charge is 2.44. The van der Waals surface area contributed by atoms with Crippen LogP contribution in [-0.4, -0.2) is 58.2 Å². The average molecular weight is 426 g/mol. The number of carbonyl (C=O) groups is 3. The first kappa shape index (κ1) is 21.6. The van der Waals surface area contributed by atoms with E-state index in [1.54, 1.807) is 0 Å². The number of nitrogens with one attached hydrogen (secondary N) is 1. The van der Waals surface area contributed by atoms with Crippen LogP contribution in [0.4, 0.5) is 19.0 Å². The van der Waals surface area contributed by atoms with Gasteiger partial charge in [-0.2, -0.15) is 18.3 Å². The van der Waals surface area contributed by atoms with Crippen molar-refractivity contribution in [1.29, 1.82) is 0 Å². The van der Waals surface area contributed by atoms with Crippen molar-refractivity contribution in [2.45, 2.75) is 43.8 Å². The summed E-state index contributed by atoms with van der Waals surface area (Å²) in [6.07, 6.45) is -2.92. The molecule has 3 amide bonds. The third-order valence-corrected chi connectivity index (χ3v) is 5.43. The van der Waals surface area contributed by atoms with Gasteiger partial charge in [0.05, 0.1) is 0 Å². The quantitative estimate of drug-likeness (QED) is 0.671. The predicted molar refractivity (Wildman–Crippen MR) is 98.0 cm³/mol. The second-order valence-corrected chi connectivity index (χ2v) is 7.68. The zero-order valence-corrected chi connectivity index (χ0v) is 16.0. The van der Waals surface area contributed by atoms with E-state index in [4.69, 9.17) is 12.3 Å². The molecule has 1 saturated carbocycles. The van der Waals surface area contributed by atoms with Crippen molar-refractivity contribution in [1.82, 2.24) is 14.7 Å². The molecular formula is C18H21F3N6O3. The first-order valence-corrected chi connectivity index (χ1v) is 9.43. The predicted octanol–water partition coefficient (Wildman–Crippen LogP) is 1.52. The molecule has 0 atom stereocenters. The lowest BCUT2D eigenvalue weighted by Gasteiger charge is -2.38. The normalized spacial score (nSPS) is 18.5. The molecule has 2 heterocycles. The van der Waals surface area contributed by atoms with Gasteiger partial charge in [-0.3, -0.25) is 19.1 Å². The van der Waals surface area contributed by atoms with Crippen LogP contribution in [0.25, 0.3) is 4.85 Å². The fraction of sp³-hybridized carbons (Fsp3) is 0.611. The summed E-state index contributed by atoms with van der Waals surface area (Å²) in [4.78, 5) is 40.3. The zero-order chi connectivity index (χ0) is 22.1. The van der Waals surface area contributed by atoms with E-state index in [-0.39, 0.29) is 55.7 Å². The molecule has 0 bridgehead atoms. The Bertz CT molecular complexity index is 892. The Morgan fingerprint density at radius 2 is 1.93 bits per heavy atom. The Hall–Kier alpha value is -3.10. The van der Waals surface area contributed by atoms with Gasteiger partial charge in [-0.15, -0.1) is 0 Å². The standard InChI is InChI=1S/C18H21F3N6O3/c1-23-10-17(4-6-26(7-5-17)13(28)8-18(19,20)21)27-9-12(14(22)29)15(25-27)24-16(30)11-2-3-11/h9,11H,2-8,10H2,(H2,22,29)(H,24,25,30). The summed E-state index contributed by atoms with van der Waals surface area (Å²) in [5.41, 5.74) is 4.46. The number of carbonyl (C=O) groups excluding carboxylic acids is 3. The van der Waals surface area contributed by atoms with Crippen LogP contribution in [0.5, 0.6) is 0 Å². The molecule has 0 aromatic carbocycles. The molecule has 0 radical (unpaired) electrons. The Balaban J connectivity index is 1.81. The van der Waals surface area contributed by atoms with Gasteiger partial charge in [0, 0.05) is 25.2 Å². The Morgan fingerprint density at radius 1 is 1.30 bits per heavy atom. The van der Waals surface area contributed by atoms with Gasteiger partial charge >= 0.3 is 6.18 Å². The first-order valence-electron chi connectivity index (χ1n) is 9.43. The molecule has 1 aliphatic carbocycles. The van der Waals surface area contributed by atoms with Crippen molar-refractivity contribution in [3.05, 3.63) is 23.2 Å². The maximum Gasteiger partial charge on any atom is 0.397 e. The fourth-order valence-corrected chi connectivity index (χ4v) is 3.52. The van der Waals surface area contributed by atoms with Gasteiger partial charge in [-0.05, 0) is 25.7 Å². The number of nitrogens with zero attached hydrogens (tertiary/aromatic N) is 4. The summed E-state index contributed by atoms with van der Waals surface area (Å²) in [7, 11) is 0. The van der Waals surface area contributed by atoms with E-state index >= 15 is 0 Å². The van der Waals surface area contributed by atoms with E-state index in [1.807, 2.05) is 0 Å². The van der Waals surface area contributed by atoms with Gasteiger partial charge in [-0.1, -0.05) is 0 Å². The summed E-state index contributed by atoms with van der Waals surface area (Å²) in [5.74, 6) is -2.22. The topological polar surface area (TPSA) is 115 Å². The zero-order valence-electron chi connectivity index (χ0n) is 16.0. The lowest BCUT2D eigenvalue weighted by atomic mass is 9.87. The highest BCUT2D eigenvalue weighted by Crippen LogP contribution is 2.34. The second-order valence-electron chi connectivity index (χ2n) is 7.68. The molecule has 2 aliphatic rings. The minimum absolute atomic E-state index is 0.000618. The van der Waals surface area contributed by atoms with Crippen LogP contribution in [-0.2, 0) is 15.1 Å². The molecule has 1 aromatic heterocycles. The van der Waals surface area contributed by atoms with E-state index in [0.29, 0.717) is 0 Å². The van der Waals surface area contributed by atoms with Crippen LogP contribution >= 0.6 is 0 Å². The number of piperidine rings is 1. The molecule has 12 heteroatoms. The molecular weight excluding hydrogens is 405 g/mol. The third kappa shape index (κ3) is 4.72. The third-order valence-electron chi connectivity index (χ3n) is 5.43. The molecule has 1 aliphatic heterocycles. The number of primary amides is 1. The SMILES string of the molecule is [C-]#[N+]CC1(n2cc(C(N)=O)c(NC(=O)C3CC3)n2)CCN(C(=O)CC(F)(F)F)CC1. The Morgan fingerprint density at radius 3 is 2.43 bits per heavy atom. The van der Waals surface area contributed by atoms with Crippen LogP contribution in [0.2, 0.25) is 0 Å².